The van der Waals surface area contributed by atoms with Crippen LogP contribution in [0.3, 0.4) is 0 Å². The summed E-state index contributed by atoms with van der Waals surface area (Å²) in [4.78, 5) is 28.2. The summed E-state index contributed by atoms with van der Waals surface area (Å²) in [6.45, 7) is 4.20. The van der Waals surface area contributed by atoms with Gasteiger partial charge in [0.25, 0.3) is 5.91 Å². The van der Waals surface area contributed by atoms with Crippen molar-refractivity contribution in [3.05, 3.63) is 65.7 Å². The first-order chi connectivity index (χ1) is 14.3. The van der Waals surface area contributed by atoms with Gasteiger partial charge in [0.15, 0.2) is 5.75 Å². The third kappa shape index (κ3) is 3.42. The zero-order valence-electron chi connectivity index (χ0n) is 16.0. The summed E-state index contributed by atoms with van der Waals surface area (Å²) < 4.78 is 45.2. The van der Waals surface area contributed by atoms with Crippen LogP contribution in [0, 0.1) is 0 Å². The highest BCUT2D eigenvalue weighted by Crippen LogP contribution is 2.43. The van der Waals surface area contributed by atoms with E-state index in [1.54, 1.807) is 23.1 Å². The minimum absolute atomic E-state index is 0.0294. The number of hydrogen-bond donors (Lipinski definition) is 0. The quantitative estimate of drug-likeness (QED) is 0.690. The van der Waals surface area contributed by atoms with Gasteiger partial charge < -0.3 is 14.5 Å². The topological polar surface area (TPSA) is 49.9 Å². The highest BCUT2D eigenvalue weighted by molar-refractivity contribution is 6.08. The maximum atomic E-state index is 13.3. The largest absolute Gasteiger partial charge is 0.489 e. The number of amides is 2. The summed E-state index contributed by atoms with van der Waals surface area (Å²) >= 11 is 0. The molecule has 0 N–H and O–H groups in total. The van der Waals surface area contributed by atoms with Crippen molar-refractivity contribution in [3.63, 3.8) is 0 Å². The van der Waals surface area contributed by atoms with E-state index in [1.165, 1.54) is 23.1 Å². The van der Waals surface area contributed by atoms with Crippen LogP contribution >= 0.6 is 0 Å². The Morgan fingerprint density at radius 2 is 1.87 bits per heavy atom. The van der Waals surface area contributed by atoms with Gasteiger partial charge in [0.2, 0.25) is 5.91 Å². The Morgan fingerprint density at radius 3 is 2.60 bits per heavy atom. The second-order valence-corrected chi connectivity index (χ2v) is 7.10. The molecule has 2 heterocycles. The molecule has 2 aliphatic rings. The second kappa shape index (κ2) is 7.51. The van der Waals surface area contributed by atoms with Crippen LogP contribution in [0.1, 0.15) is 27.9 Å². The Labute approximate surface area is 171 Å². The van der Waals surface area contributed by atoms with Crippen LogP contribution < -0.4 is 14.5 Å². The first-order valence-corrected chi connectivity index (χ1v) is 9.53. The van der Waals surface area contributed by atoms with E-state index in [-0.39, 0.29) is 30.5 Å². The van der Waals surface area contributed by atoms with Crippen molar-refractivity contribution in [1.29, 1.82) is 0 Å². The average Bonchev–Trinajstić information content (AvgIpc) is 2.75. The average molecular weight is 416 g/mol. The van der Waals surface area contributed by atoms with Crippen LogP contribution in [0.4, 0.5) is 24.5 Å². The third-order valence-electron chi connectivity index (χ3n) is 5.28. The van der Waals surface area contributed by atoms with E-state index in [4.69, 9.17) is 4.74 Å². The lowest BCUT2D eigenvalue weighted by atomic mass is 9.98. The molecule has 2 aliphatic heterocycles. The molecule has 2 aromatic rings. The van der Waals surface area contributed by atoms with Gasteiger partial charge >= 0.3 is 6.18 Å². The highest BCUT2D eigenvalue weighted by Gasteiger charge is 2.38. The molecule has 0 saturated heterocycles. The fraction of sp³-hybridized carbons (Fsp3) is 0.273. The number of alkyl halides is 3. The summed E-state index contributed by atoms with van der Waals surface area (Å²) in [6.07, 6.45) is -1.88. The summed E-state index contributed by atoms with van der Waals surface area (Å²) in [7, 11) is 0. The molecule has 2 aromatic carbocycles. The van der Waals surface area contributed by atoms with Crippen LogP contribution in [0.15, 0.2) is 49.1 Å². The van der Waals surface area contributed by atoms with E-state index in [0.29, 0.717) is 18.5 Å². The molecule has 8 heteroatoms. The first-order valence-electron chi connectivity index (χ1n) is 9.53. The highest BCUT2D eigenvalue weighted by atomic mass is 19.4. The number of hydrogen-bond acceptors (Lipinski definition) is 3. The second-order valence-electron chi connectivity index (χ2n) is 7.10. The number of halogens is 3. The predicted octanol–water partition coefficient (Wildman–Crippen LogP) is 4.21. The van der Waals surface area contributed by atoms with Crippen molar-refractivity contribution in [2.24, 2.45) is 0 Å². The molecular formula is C22H19F3N2O3. The molecule has 30 heavy (non-hydrogen) atoms. The fourth-order valence-corrected chi connectivity index (χ4v) is 3.91. The summed E-state index contributed by atoms with van der Waals surface area (Å²) in [6, 6.07) is 8.67. The monoisotopic (exact) mass is 416 g/mol. The number of rotatable bonds is 2. The van der Waals surface area contributed by atoms with Crippen molar-refractivity contribution < 1.29 is 27.5 Å². The number of nitrogens with zero attached hydrogens (tertiary/aromatic N) is 2. The first kappa shape index (κ1) is 20.0. The van der Waals surface area contributed by atoms with Crippen molar-refractivity contribution in [1.82, 2.24) is 0 Å². The van der Waals surface area contributed by atoms with E-state index in [1.807, 2.05) is 0 Å². The Balaban J connectivity index is 1.69. The van der Waals surface area contributed by atoms with Crippen molar-refractivity contribution in [3.8, 4) is 5.75 Å². The molecule has 0 spiro atoms. The van der Waals surface area contributed by atoms with Crippen molar-refractivity contribution in [2.45, 2.75) is 19.0 Å². The maximum absolute atomic E-state index is 13.3. The number of fused-ring (bicyclic) bond motifs is 2. The minimum Gasteiger partial charge on any atom is -0.489 e. The van der Waals surface area contributed by atoms with E-state index in [9.17, 15) is 22.8 Å². The van der Waals surface area contributed by atoms with Crippen LogP contribution in [0.2, 0.25) is 0 Å². The van der Waals surface area contributed by atoms with Gasteiger partial charge in [0.1, 0.15) is 6.61 Å². The molecule has 0 saturated carbocycles. The molecule has 4 rings (SSSR count). The lowest BCUT2D eigenvalue weighted by Gasteiger charge is -2.32. The van der Waals surface area contributed by atoms with Crippen LogP contribution in [0.25, 0.3) is 0 Å². The Kier molecular flexibility index (Phi) is 5.01. The number of carbonyl (C=O) groups is 2. The Morgan fingerprint density at radius 1 is 1.07 bits per heavy atom. The lowest BCUT2D eigenvalue weighted by molar-refractivity contribution is -0.139. The van der Waals surface area contributed by atoms with Gasteiger partial charge in [-0.25, -0.2) is 0 Å². The number of para-hydroxylation sites is 1. The lowest BCUT2D eigenvalue weighted by Crippen LogP contribution is -2.39. The van der Waals surface area contributed by atoms with Crippen LogP contribution in [0.5, 0.6) is 5.75 Å². The molecule has 0 atom stereocenters. The van der Waals surface area contributed by atoms with E-state index in [0.717, 1.165) is 23.7 Å². The third-order valence-corrected chi connectivity index (χ3v) is 5.28. The van der Waals surface area contributed by atoms with E-state index >= 15 is 0 Å². The number of aryl methyl sites for hydroxylation is 1. The number of benzene rings is 2. The summed E-state index contributed by atoms with van der Waals surface area (Å²) in [5, 5.41) is 0. The van der Waals surface area contributed by atoms with E-state index in [2.05, 4.69) is 6.58 Å². The molecule has 0 fully saturated rings. The number of anilines is 2. The number of ether oxygens (including phenoxy) is 1. The fourth-order valence-electron chi connectivity index (χ4n) is 3.91. The zero-order valence-corrected chi connectivity index (χ0v) is 16.0. The van der Waals surface area contributed by atoms with Gasteiger partial charge in [-0.15, -0.1) is 0 Å². The van der Waals surface area contributed by atoms with Gasteiger partial charge in [-0.3, -0.25) is 9.59 Å². The predicted molar refractivity (Wildman–Crippen MR) is 106 cm³/mol. The Hall–Kier alpha value is -3.29. The SMILES string of the molecule is C=CC(=O)N1CCCc2cc(C(=O)N3CCOc4c3cccc4C(F)(F)F)ccc21. The molecule has 156 valence electrons. The molecule has 0 unspecified atom stereocenters. The molecule has 5 nitrogen and oxygen atoms in total. The van der Waals surface area contributed by atoms with Crippen molar-refractivity contribution in [2.75, 3.05) is 29.5 Å². The van der Waals surface area contributed by atoms with Crippen LogP contribution in [-0.2, 0) is 17.4 Å². The summed E-state index contributed by atoms with van der Waals surface area (Å²) in [5.74, 6) is -0.948. The van der Waals surface area contributed by atoms with E-state index < -0.39 is 17.6 Å². The zero-order chi connectivity index (χ0) is 21.5. The normalized spacial score (nSPS) is 15.7. The number of carbonyl (C=O) groups excluding carboxylic acids is 2. The van der Waals surface area contributed by atoms with Gasteiger partial charge in [-0.1, -0.05) is 12.6 Å². The minimum atomic E-state index is -4.58. The molecule has 2 amide bonds. The standard InChI is InChI=1S/C22H19F3N2O3/c1-2-19(28)26-10-4-5-14-13-15(8-9-17(14)26)21(29)27-11-12-30-20-16(22(23,24)25)6-3-7-18(20)27/h2-3,6-9,13H,1,4-5,10-12H2. The summed E-state index contributed by atoms with van der Waals surface area (Å²) in [5.41, 5.74) is 1.12. The molecule has 0 radical (unpaired) electrons. The van der Waals surface area contributed by atoms with Gasteiger partial charge in [-0.05, 0) is 54.8 Å². The van der Waals surface area contributed by atoms with Crippen molar-refractivity contribution >= 4 is 23.2 Å². The Bertz CT molecular complexity index is 1030. The molecule has 0 aromatic heterocycles. The smallest absolute Gasteiger partial charge is 0.420 e. The van der Waals surface area contributed by atoms with Crippen LogP contribution in [-0.4, -0.2) is 31.5 Å². The van der Waals surface area contributed by atoms with Gasteiger partial charge in [-0.2, -0.15) is 13.2 Å². The maximum Gasteiger partial charge on any atom is 0.420 e. The molecule has 0 aliphatic carbocycles. The van der Waals surface area contributed by atoms with Gasteiger partial charge in [0, 0.05) is 17.8 Å². The molecular weight excluding hydrogens is 397 g/mol. The molecule has 0 bridgehead atoms. The van der Waals surface area contributed by atoms with Gasteiger partial charge in [0.05, 0.1) is 17.8 Å².